The van der Waals surface area contributed by atoms with Crippen molar-refractivity contribution in [2.45, 2.75) is 51.0 Å². The number of hydrogen-bond acceptors (Lipinski definition) is 2. The number of esters is 1. The predicted octanol–water partition coefficient (Wildman–Crippen LogP) is 2.27. The summed E-state index contributed by atoms with van der Waals surface area (Å²) in [6, 6.07) is 0. The van der Waals surface area contributed by atoms with Gasteiger partial charge in [0.25, 0.3) is 0 Å². The van der Waals surface area contributed by atoms with Crippen molar-refractivity contribution in [3.63, 3.8) is 0 Å². The molecule has 0 unspecified atom stereocenters. The number of carbonyl (C=O) groups excluding carboxylic acids is 1. The summed E-state index contributed by atoms with van der Waals surface area (Å²) in [6.45, 7) is 0. The lowest BCUT2D eigenvalue weighted by molar-refractivity contribution is -0.141. The van der Waals surface area contributed by atoms with Gasteiger partial charge in [-0.2, -0.15) is 0 Å². The molecule has 0 N–H and O–H groups in total. The molecule has 12 heavy (non-hydrogen) atoms. The van der Waals surface area contributed by atoms with Crippen molar-refractivity contribution in [1.29, 1.82) is 0 Å². The highest BCUT2D eigenvalue weighted by molar-refractivity contribution is 5.72. The molecule has 0 radical (unpaired) electrons. The number of fused-ring (bicyclic) bond motifs is 1. The first kappa shape index (κ1) is 8.09. The summed E-state index contributed by atoms with van der Waals surface area (Å²) in [5.74, 6) is 0.588. The van der Waals surface area contributed by atoms with E-state index >= 15 is 0 Å². The molecule has 2 aliphatic rings. The van der Waals surface area contributed by atoms with Crippen LogP contribution >= 0.6 is 0 Å². The number of ether oxygens (including phenoxy) is 1. The van der Waals surface area contributed by atoms with Crippen molar-refractivity contribution in [3.8, 4) is 0 Å². The minimum atomic E-state index is 0.0342. The molecule has 0 amide bonds. The maximum atomic E-state index is 11.0. The van der Waals surface area contributed by atoms with Gasteiger partial charge in [0, 0.05) is 5.92 Å². The highest BCUT2D eigenvalue weighted by Crippen LogP contribution is 2.32. The zero-order valence-electron chi connectivity index (χ0n) is 7.42. The Kier molecular flexibility index (Phi) is 2.33. The van der Waals surface area contributed by atoms with Gasteiger partial charge in [0.1, 0.15) is 6.10 Å². The minimum absolute atomic E-state index is 0.0342. The lowest BCUT2D eigenvalue weighted by Crippen LogP contribution is -2.17. The van der Waals surface area contributed by atoms with Crippen LogP contribution in [0.3, 0.4) is 0 Å². The van der Waals surface area contributed by atoms with Gasteiger partial charge in [0.05, 0.1) is 6.42 Å². The monoisotopic (exact) mass is 168 g/mol. The molecule has 0 aromatic rings. The van der Waals surface area contributed by atoms with Gasteiger partial charge in [-0.15, -0.1) is 0 Å². The first-order chi connectivity index (χ1) is 5.86. The molecule has 1 saturated heterocycles. The van der Waals surface area contributed by atoms with Gasteiger partial charge in [-0.3, -0.25) is 4.79 Å². The van der Waals surface area contributed by atoms with E-state index in [9.17, 15) is 4.79 Å². The fourth-order valence-corrected chi connectivity index (χ4v) is 2.35. The molecule has 0 bridgehead atoms. The van der Waals surface area contributed by atoms with Crippen molar-refractivity contribution >= 4 is 5.97 Å². The molecule has 1 heterocycles. The van der Waals surface area contributed by atoms with E-state index in [4.69, 9.17) is 4.74 Å². The molecule has 68 valence electrons. The molecule has 0 spiro atoms. The number of carbonyl (C=O) groups is 1. The van der Waals surface area contributed by atoms with Gasteiger partial charge in [-0.05, 0) is 19.3 Å². The summed E-state index contributed by atoms with van der Waals surface area (Å²) >= 11 is 0. The molecule has 2 atom stereocenters. The van der Waals surface area contributed by atoms with Crippen LogP contribution in [0.2, 0.25) is 0 Å². The van der Waals surface area contributed by atoms with Gasteiger partial charge < -0.3 is 4.74 Å². The lowest BCUT2D eigenvalue weighted by Gasteiger charge is -2.19. The van der Waals surface area contributed by atoms with Crippen LogP contribution in [0.15, 0.2) is 0 Å². The lowest BCUT2D eigenvalue weighted by atomic mass is 9.88. The minimum Gasteiger partial charge on any atom is -0.462 e. The summed E-state index contributed by atoms with van der Waals surface area (Å²) in [7, 11) is 0. The molecule has 2 nitrogen and oxygen atoms in total. The Hall–Kier alpha value is -0.530. The Morgan fingerprint density at radius 3 is 2.67 bits per heavy atom. The predicted molar refractivity (Wildman–Crippen MR) is 45.7 cm³/mol. The van der Waals surface area contributed by atoms with Crippen LogP contribution in [0.5, 0.6) is 0 Å². The molecule has 1 aliphatic carbocycles. The van der Waals surface area contributed by atoms with Gasteiger partial charge in [-0.25, -0.2) is 0 Å². The zero-order valence-corrected chi connectivity index (χ0v) is 7.42. The summed E-state index contributed by atoms with van der Waals surface area (Å²) in [5, 5.41) is 0. The van der Waals surface area contributed by atoms with Crippen LogP contribution in [0.1, 0.15) is 44.9 Å². The third-order valence-electron chi connectivity index (χ3n) is 3.05. The molecule has 1 aliphatic heterocycles. The van der Waals surface area contributed by atoms with E-state index in [-0.39, 0.29) is 12.1 Å². The summed E-state index contributed by atoms with van der Waals surface area (Å²) < 4.78 is 5.26. The van der Waals surface area contributed by atoms with E-state index in [1.165, 1.54) is 32.1 Å². The van der Waals surface area contributed by atoms with Crippen LogP contribution in [0.25, 0.3) is 0 Å². The fourth-order valence-electron chi connectivity index (χ4n) is 2.35. The summed E-state index contributed by atoms with van der Waals surface area (Å²) in [6.07, 6.45) is 8.47. The molecule has 2 heteroatoms. The number of hydrogen-bond donors (Lipinski definition) is 0. The molecule has 1 saturated carbocycles. The summed E-state index contributed by atoms with van der Waals surface area (Å²) in [4.78, 5) is 11.0. The van der Waals surface area contributed by atoms with Crippen LogP contribution in [-0.4, -0.2) is 12.1 Å². The van der Waals surface area contributed by atoms with Crippen molar-refractivity contribution in [2.75, 3.05) is 0 Å². The standard InChI is InChI=1S/C10H16O2/c11-10-7-8-5-3-1-2-4-6-9(8)12-10/h8-9H,1-7H2/t8-,9+/m0/s1. The molecule has 2 rings (SSSR count). The Balaban J connectivity index is 1.96. The summed E-state index contributed by atoms with van der Waals surface area (Å²) in [5.41, 5.74) is 0. The van der Waals surface area contributed by atoms with Crippen molar-refractivity contribution < 1.29 is 9.53 Å². The van der Waals surface area contributed by atoms with Crippen LogP contribution in [0.4, 0.5) is 0 Å². The molecule has 0 aromatic heterocycles. The second kappa shape index (κ2) is 3.46. The van der Waals surface area contributed by atoms with E-state index in [0.717, 1.165) is 6.42 Å². The fraction of sp³-hybridized carbons (Fsp3) is 0.900. The SMILES string of the molecule is O=C1C[C@@H]2CCCCCC[C@H]2O1. The molecular formula is C10H16O2. The third-order valence-corrected chi connectivity index (χ3v) is 3.05. The average molecular weight is 168 g/mol. The smallest absolute Gasteiger partial charge is 0.306 e. The van der Waals surface area contributed by atoms with Crippen molar-refractivity contribution in [2.24, 2.45) is 5.92 Å². The first-order valence-corrected chi connectivity index (χ1v) is 5.06. The largest absolute Gasteiger partial charge is 0.462 e. The van der Waals surface area contributed by atoms with Crippen LogP contribution in [0, 0.1) is 5.92 Å². The highest BCUT2D eigenvalue weighted by Gasteiger charge is 2.34. The maximum Gasteiger partial charge on any atom is 0.306 e. The van der Waals surface area contributed by atoms with Crippen LogP contribution in [-0.2, 0) is 9.53 Å². The third kappa shape index (κ3) is 1.62. The Bertz CT molecular complexity index is 159. The first-order valence-electron chi connectivity index (χ1n) is 5.06. The van der Waals surface area contributed by atoms with E-state index < -0.39 is 0 Å². The quantitative estimate of drug-likeness (QED) is 0.519. The molecule has 2 fully saturated rings. The highest BCUT2D eigenvalue weighted by atomic mass is 16.5. The van der Waals surface area contributed by atoms with Gasteiger partial charge in [0.2, 0.25) is 0 Å². The normalized spacial score (nSPS) is 36.5. The van der Waals surface area contributed by atoms with Gasteiger partial charge in [0.15, 0.2) is 0 Å². The van der Waals surface area contributed by atoms with Gasteiger partial charge in [-0.1, -0.05) is 19.3 Å². The van der Waals surface area contributed by atoms with Gasteiger partial charge >= 0.3 is 5.97 Å². The van der Waals surface area contributed by atoms with E-state index in [1.54, 1.807) is 0 Å². The van der Waals surface area contributed by atoms with E-state index in [2.05, 4.69) is 0 Å². The van der Waals surface area contributed by atoms with Crippen LogP contribution < -0.4 is 0 Å². The Labute approximate surface area is 73.3 Å². The van der Waals surface area contributed by atoms with Crippen molar-refractivity contribution in [1.82, 2.24) is 0 Å². The average Bonchev–Trinajstić information content (AvgIpc) is 2.32. The molecular weight excluding hydrogens is 152 g/mol. The van der Waals surface area contributed by atoms with E-state index in [1.807, 2.05) is 0 Å². The molecule has 0 aromatic carbocycles. The van der Waals surface area contributed by atoms with E-state index in [0.29, 0.717) is 12.3 Å². The Morgan fingerprint density at radius 1 is 1.08 bits per heavy atom. The maximum absolute atomic E-state index is 11.0. The topological polar surface area (TPSA) is 26.3 Å². The second-order valence-corrected chi connectivity index (χ2v) is 3.98. The zero-order chi connectivity index (χ0) is 8.39. The second-order valence-electron chi connectivity index (χ2n) is 3.98. The number of rotatable bonds is 0. The Morgan fingerprint density at radius 2 is 1.83 bits per heavy atom. The van der Waals surface area contributed by atoms with Crippen molar-refractivity contribution in [3.05, 3.63) is 0 Å².